The highest BCUT2D eigenvalue weighted by atomic mass is 15.4. The number of hydrazine groups is 1. The molecule has 5 heteroatoms. The average molecular weight is 301 g/mol. The van der Waals surface area contributed by atoms with E-state index < -0.39 is 0 Å². The lowest BCUT2D eigenvalue weighted by Crippen LogP contribution is -2.44. The summed E-state index contributed by atoms with van der Waals surface area (Å²) >= 11 is 0. The van der Waals surface area contributed by atoms with Crippen molar-refractivity contribution in [1.29, 1.82) is 0 Å². The second kappa shape index (κ2) is 5.99. The summed E-state index contributed by atoms with van der Waals surface area (Å²) in [6, 6.07) is 8.69. The maximum absolute atomic E-state index is 4.67. The van der Waals surface area contributed by atoms with Gasteiger partial charge in [-0.2, -0.15) is 0 Å². The maximum Gasteiger partial charge on any atom is 0.121 e. The normalized spacial score (nSPS) is 22.8. The minimum atomic E-state index is 0.258. The zero-order chi connectivity index (χ0) is 15.7. The lowest BCUT2D eigenvalue weighted by molar-refractivity contribution is 0.189. The molecule has 0 bridgehead atoms. The van der Waals surface area contributed by atoms with E-state index in [1.807, 2.05) is 12.1 Å². The molecule has 0 aliphatic carbocycles. The molecule has 2 atom stereocenters. The van der Waals surface area contributed by atoms with Gasteiger partial charge < -0.3 is 4.98 Å². The van der Waals surface area contributed by atoms with Gasteiger partial charge in [0.25, 0.3) is 0 Å². The van der Waals surface area contributed by atoms with Gasteiger partial charge in [0.05, 0.1) is 17.6 Å². The van der Waals surface area contributed by atoms with Gasteiger partial charge in [0.15, 0.2) is 0 Å². The summed E-state index contributed by atoms with van der Waals surface area (Å²) < 4.78 is 0. The van der Waals surface area contributed by atoms with E-state index in [0.29, 0.717) is 12.0 Å². The van der Waals surface area contributed by atoms with Gasteiger partial charge in [-0.05, 0) is 24.6 Å². The SMILES string of the molecule is CN(Cc1nc2ccccc2[nH]1)CC1CNNC1C(C)(C)C. The fraction of sp³-hybridized carbons (Fsp3) is 0.588. The molecule has 22 heavy (non-hydrogen) atoms. The summed E-state index contributed by atoms with van der Waals surface area (Å²) in [5.74, 6) is 1.64. The molecule has 120 valence electrons. The number of aromatic amines is 1. The topological polar surface area (TPSA) is 56.0 Å². The van der Waals surface area contributed by atoms with Crippen LogP contribution in [0.15, 0.2) is 24.3 Å². The Hall–Kier alpha value is -1.43. The van der Waals surface area contributed by atoms with Crippen LogP contribution in [-0.4, -0.2) is 41.0 Å². The van der Waals surface area contributed by atoms with Crippen LogP contribution in [0, 0.1) is 11.3 Å². The zero-order valence-corrected chi connectivity index (χ0v) is 14.0. The van der Waals surface area contributed by atoms with Gasteiger partial charge in [0.1, 0.15) is 5.82 Å². The first-order valence-corrected chi connectivity index (χ1v) is 8.04. The van der Waals surface area contributed by atoms with Gasteiger partial charge in [-0.15, -0.1) is 0 Å². The summed E-state index contributed by atoms with van der Waals surface area (Å²) in [6.45, 7) is 9.81. The van der Waals surface area contributed by atoms with Gasteiger partial charge in [0.2, 0.25) is 0 Å². The Morgan fingerprint density at radius 2 is 2.05 bits per heavy atom. The molecule has 0 spiro atoms. The highest BCUT2D eigenvalue weighted by molar-refractivity contribution is 5.74. The molecule has 3 rings (SSSR count). The van der Waals surface area contributed by atoms with Crippen LogP contribution in [0.2, 0.25) is 0 Å². The Kier molecular flexibility index (Phi) is 4.21. The number of benzene rings is 1. The molecule has 2 aromatic rings. The zero-order valence-electron chi connectivity index (χ0n) is 14.0. The van der Waals surface area contributed by atoms with Gasteiger partial charge in [-0.25, -0.2) is 4.98 Å². The summed E-state index contributed by atoms with van der Waals surface area (Å²) in [5, 5.41) is 0. The van der Waals surface area contributed by atoms with Gasteiger partial charge in [0, 0.05) is 25.0 Å². The highest BCUT2D eigenvalue weighted by Crippen LogP contribution is 2.27. The number of imidazole rings is 1. The van der Waals surface area contributed by atoms with Gasteiger partial charge >= 0.3 is 0 Å². The van der Waals surface area contributed by atoms with E-state index >= 15 is 0 Å². The molecule has 1 saturated heterocycles. The number of fused-ring (bicyclic) bond motifs is 1. The van der Waals surface area contributed by atoms with Crippen LogP contribution in [0.3, 0.4) is 0 Å². The Bertz CT molecular complexity index is 594. The van der Waals surface area contributed by atoms with E-state index in [2.05, 4.69) is 65.7 Å². The van der Waals surface area contributed by atoms with Gasteiger partial charge in [-0.3, -0.25) is 15.8 Å². The monoisotopic (exact) mass is 301 g/mol. The number of H-pyrrole nitrogens is 1. The van der Waals surface area contributed by atoms with Crippen LogP contribution in [0.4, 0.5) is 0 Å². The van der Waals surface area contributed by atoms with Crippen LogP contribution in [0.5, 0.6) is 0 Å². The van der Waals surface area contributed by atoms with E-state index in [9.17, 15) is 0 Å². The first-order valence-electron chi connectivity index (χ1n) is 8.04. The fourth-order valence-corrected chi connectivity index (χ4v) is 3.43. The first-order chi connectivity index (χ1) is 10.4. The molecule has 2 heterocycles. The molecule has 5 nitrogen and oxygen atoms in total. The number of rotatable bonds is 4. The number of hydrogen-bond donors (Lipinski definition) is 3. The predicted molar refractivity (Wildman–Crippen MR) is 90.3 cm³/mol. The quantitative estimate of drug-likeness (QED) is 0.810. The number of nitrogens with one attached hydrogen (secondary N) is 3. The third-order valence-corrected chi connectivity index (χ3v) is 4.43. The molecular formula is C17H27N5. The third-order valence-electron chi connectivity index (χ3n) is 4.43. The Balaban J connectivity index is 1.63. The predicted octanol–water partition coefficient (Wildman–Crippen LogP) is 2.13. The van der Waals surface area contributed by atoms with Crippen molar-refractivity contribution in [2.45, 2.75) is 33.4 Å². The van der Waals surface area contributed by atoms with Crippen molar-refractivity contribution in [3.05, 3.63) is 30.1 Å². The molecule has 1 fully saturated rings. The number of para-hydroxylation sites is 2. The van der Waals surface area contributed by atoms with E-state index in [-0.39, 0.29) is 5.41 Å². The Morgan fingerprint density at radius 3 is 2.77 bits per heavy atom. The van der Waals surface area contributed by atoms with Crippen LogP contribution < -0.4 is 10.9 Å². The summed E-state index contributed by atoms with van der Waals surface area (Å²) in [6.07, 6.45) is 0. The molecule has 0 saturated carbocycles. The molecule has 1 aromatic carbocycles. The Labute approximate surface area is 132 Å². The fourth-order valence-electron chi connectivity index (χ4n) is 3.43. The average Bonchev–Trinajstić information content (AvgIpc) is 3.03. The largest absolute Gasteiger partial charge is 0.341 e. The first kappa shape index (κ1) is 15.5. The second-order valence-corrected chi connectivity index (χ2v) is 7.53. The van der Waals surface area contributed by atoms with Crippen LogP contribution in [0.1, 0.15) is 26.6 Å². The lowest BCUT2D eigenvalue weighted by atomic mass is 9.80. The van der Waals surface area contributed by atoms with Crippen molar-refractivity contribution in [3.8, 4) is 0 Å². The summed E-state index contributed by atoms with van der Waals surface area (Å²) in [5.41, 5.74) is 9.17. The van der Waals surface area contributed by atoms with Crippen molar-refractivity contribution in [1.82, 2.24) is 25.7 Å². The van der Waals surface area contributed by atoms with Crippen LogP contribution >= 0.6 is 0 Å². The van der Waals surface area contributed by atoms with Crippen molar-refractivity contribution in [3.63, 3.8) is 0 Å². The summed E-state index contributed by atoms with van der Waals surface area (Å²) in [7, 11) is 2.17. The van der Waals surface area contributed by atoms with E-state index in [0.717, 1.165) is 36.5 Å². The number of nitrogens with zero attached hydrogens (tertiary/aromatic N) is 2. The smallest absolute Gasteiger partial charge is 0.121 e. The minimum absolute atomic E-state index is 0.258. The van der Waals surface area contributed by atoms with E-state index in [4.69, 9.17) is 0 Å². The van der Waals surface area contributed by atoms with Crippen molar-refractivity contribution < 1.29 is 0 Å². The Morgan fingerprint density at radius 1 is 1.27 bits per heavy atom. The lowest BCUT2D eigenvalue weighted by Gasteiger charge is -2.33. The molecule has 0 radical (unpaired) electrons. The number of aromatic nitrogens is 2. The van der Waals surface area contributed by atoms with Crippen molar-refractivity contribution in [2.24, 2.45) is 11.3 Å². The third kappa shape index (κ3) is 3.32. The summed E-state index contributed by atoms with van der Waals surface area (Å²) in [4.78, 5) is 10.4. The standard InChI is InChI=1S/C17H27N5/c1-17(2,3)16-12(9-18-21-16)10-22(4)11-15-19-13-7-5-6-8-14(13)20-15/h5-8,12,16,18,21H,9-11H2,1-4H3,(H,19,20). The molecule has 3 N–H and O–H groups in total. The van der Waals surface area contributed by atoms with E-state index in [1.54, 1.807) is 0 Å². The number of hydrogen-bond acceptors (Lipinski definition) is 4. The molecule has 1 aromatic heterocycles. The van der Waals surface area contributed by atoms with Crippen LogP contribution in [0.25, 0.3) is 11.0 Å². The molecule has 2 unspecified atom stereocenters. The van der Waals surface area contributed by atoms with Crippen molar-refractivity contribution >= 4 is 11.0 Å². The molecule has 1 aliphatic rings. The van der Waals surface area contributed by atoms with Crippen LogP contribution in [-0.2, 0) is 6.54 Å². The molecule has 1 aliphatic heterocycles. The second-order valence-electron chi connectivity index (χ2n) is 7.53. The molecular weight excluding hydrogens is 274 g/mol. The maximum atomic E-state index is 4.67. The van der Waals surface area contributed by atoms with Gasteiger partial charge in [-0.1, -0.05) is 32.9 Å². The van der Waals surface area contributed by atoms with E-state index in [1.165, 1.54) is 0 Å². The minimum Gasteiger partial charge on any atom is -0.341 e. The van der Waals surface area contributed by atoms with Crippen molar-refractivity contribution in [2.75, 3.05) is 20.1 Å². The highest BCUT2D eigenvalue weighted by Gasteiger charge is 2.36. The molecule has 0 amide bonds.